The largest absolute Gasteiger partial charge is 0.465 e. The number of carboxylic acid groups (broad SMARTS) is 1. The van der Waals surface area contributed by atoms with Crippen LogP contribution in [0.25, 0.3) is 0 Å². The number of carbonyl (C=O) groups is 1. The summed E-state index contributed by atoms with van der Waals surface area (Å²) in [5.74, 6) is 1.65. The van der Waals surface area contributed by atoms with Crippen LogP contribution in [0.15, 0.2) is 36.0 Å². The number of carbonyl (C=O) groups excluding carboxylic acids is 1. The van der Waals surface area contributed by atoms with Crippen LogP contribution in [0.4, 0.5) is 4.79 Å². The van der Waals surface area contributed by atoms with Gasteiger partial charge in [0, 0.05) is 18.4 Å². The molecule has 4 N–H and O–H groups in total. The highest BCUT2D eigenvalue weighted by Crippen LogP contribution is 2.36. The summed E-state index contributed by atoms with van der Waals surface area (Å²) in [6.45, 7) is 2.19. The lowest BCUT2D eigenvalue weighted by Crippen LogP contribution is -2.42. The quantitative estimate of drug-likeness (QED) is 0.559. The Bertz CT molecular complexity index is 615. The third kappa shape index (κ3) is 4.91. The summed E-state index contributed by atoms with van der Waals surface area (Å²) in [6, 6.07) is 9.84. The van der Waals surface area contributed by atoms with E-state index in [1.165, 1.54) is 0 Å². The molecule has 7 heteroatoms. The molecule has 1 aliphatic rings. The second-order valence-corrected chi connectivity index (χ2v) is 6.21. The molecule has 1 aliphatic heterocycles. The second kappa shape index (κ2) is 8.08. The zero-order chi connectivity index (χ0) is 17.6. The summed E-state index contributed by atoms with van der Waals surface area (Å²) in [5.41, 5.74) is 0.484. The molecule has 0 bridgehead atoms. The molecule has 0 spiro atoms. The predicted octanol–water partition coefficient (Wildman–Crippen LogP) is 1.26. The van der Waals surface area contributed by atoms with Crippen molar-refractivity contribution in [3.63, 3.8) is 0 Å². The average Bonchev–Trinajstić information content (AvgIpc) is 3.00. The number of hydrogen-bond acceptors (Lipinski definition) is 5. The molecule has 1 heterocycles. The van der Waals surface area contributed by atoms with Gasteiger partial charge in [-0.3, -0.25) is 10.6 Å². The first-order valence-corrected chi connectivity index (χ1v) is 7.78. The Labute approximate surface area is 140 Å². The summed E-state index contributed by atoms with van der Waals surface area (Å²) in [4.78, 5) is 21.9. The van der Waals surface area contributed by atoms with E-state index in [0.717, 1.165) is 12.0 Å². The first-order chi connectivity index (χ1) is 11.4. The monoisotopic (exact) mass is 334 g/mol. The van der Waals surface area contributed by atoms with Gasteiger partial charge in [-0.1, -0.05) is 37.3 Å². The van der Waals surface area contributed by atoms with Gasteiger partial charge in [0.15, 0.2) is 6.29 Å². The van der Waals surface area contributed by atoms with Crippen molar-refractivity contribution in [2.75, 3.05) is 6.54 Å². The fourth-order valence-electron chi connectivity index (χ4n) is 2.90. The van der Waals surface area contributed by atoms with E-state index >= 15 is 0 Å². The van der Waals surface area contributed by atoms with E-state index < -0.39 is 24.0 Å². The third-order valence-corrected chi connectivity index (χ3v) is 4.19. The standard InChI is InChI=1S/C17H22N2O5/c1-17(15-18-10-14(21)24-15,9-13(11-20)19-16(22)23)8-7-12-5-3-2-4-6-12/h2-6,14-15,18-19,21H,7-10H2,1H3,(H,22,23). The molecule has 1 saturated heterocycles. The Morgan fingerprint density at radius 3 is 2.71 bits per heavy atom. The van der Waals surface area contributed by atoms with Crippen LogP contribution in [0.1, 0.15) is 25.3 Å². The maximum atomic E-state index is 11.1. The Balaban J connectivity index is 2.14. The van der Waals surface area contributed by atoms with Crippen LogP contribution in [0.3, 0.4) is 0 Å². The molecule has 3 unspecified atom stereocenters. The van der Waals surface area contributed by atoms with Crippen LogP contribution in [-0.4, -0.2) is 41.3 Å². The van der Waals surface area contributed by atoms with Gasteiger partial charge >= 0.3 is 6.09 Å². The summed E-state index contributed by atoms with van der Waals surface area (Å²) in [7, 11) is 0. The summed E-state index contributed by atoms with van der Waals surface area (Å²) >= 11 is 0. The van der Waals surface area contributed by atoms with Gasteiger partial charge in [-0.05, 0) is 18.4 Å². The van der Waals surface area contributed by atoms with Gasteiger partial charge < -0.3 is 14.9 Å². The molecule has 3 atom stereocenters. The number of benzene rings is 1. The number of nitrogens with one attached hydrogen (secondary N) is 2. The maximum Gasteiger partial charge on any atom is 0.409 e. The van der Waals surface area contributed by atoms with E-state index in [0.29, 0.717) is 6.42 Å². The molecule has 7 nitrogen and oxygen atoms in total. The molecule has 0 saturated carbocycles. The number of rotatable bonds is 7. The van der Waals surface area contributed by atoms with E-state index in [9.17, 15) is 14.7 Å². The molecular formula is C17H22N2O5. The van der Waals surface area contributed by atoms with Crippen LogP contribution < -0.4 is 10.6 Å². The number of aryl methyl sites for hydroxylation is 1. The van der Waals surface area contributed by atoms with Crippen LogP contribution in [0.5, 0.6) is 0 Å². The third-order valence-electron chi connectivity index (χ3n) is 4.19. The van der Waals surface area contributed by atoms with Crippen LogP contribution >= 0.6 is 0 Å². The van der Waals surface area contributed by atoms with Gasteiger partial charge in [0.1, 0.15) is 17.9 Å². The molecule has 1 fully saturated rings. The Morgan fingerprint density at radius 1 is 1.46 bits per heavy atom. The highest BCUT2D eigenvalue weighted by Gasteiger charge is 2.40. The van der Waals surface area contributed by atoms with Crippen LogP contribution in [-0.2, 0) is 16.0 Å². The molecule has 0 radical (unpaired) electrons. The summed E-state index contributed by atoms with van der Waals surface area (Å²) < 4.78 is 5.49. The van der Waals surface area contributed by atoms with Gasteiger partial charge in [-0.15, -0.1) is 0 Å². The van der Waals surface area contributed by atoms with Gasteiger partial charge in [0.25, 0.3) is 0 Å². The molecule has 0 aliphatic carbocycles. The van der Waals surface area contributed by atoms with Crippen LogP contribution in [0.2, 0.25) is 0 Å². The lowest BCUT2D eigenvalue weighted by Gasteiger charge is -2.35. The molecule has 1 aromatic carbocycles. The van der Waals surface area contributed by atoms with E-state index in [1.54, 1.807) is 5.94 Å². The lowest BCUT2D eigenvalue weighted by molar-refractivity contribution is -0.124. The molecule has 1 amide bonds. The zero-order valence-electron chi connectivity index (χ0n) is 13.5. The molecular weight excluding hydrogens is 312 g/mol. The second-order valence-electron chi connectivity index (χ2n) is 6.21. The number of ether oxygens (including phenoxy) is 1. The Hall–Kier alpha value is -2.18. The minimum atomic E-state index is -1.31. The van der Waals surface area contributed by atoms with Gasteiger partial charge in [-0.2, -0.15) is 0 Å². The topological polar surface area (TPSA) is 108 Å². The fourth-order valence-corrected chi connectivity index (χ4v) is 2.90. The first kappa shape index (κ1) is 18.2. The zero-order valence-corrected chi connectivity index (χ0v) is 13.5. The van der Waals surface area contributed by atoms with Crippen molar-refractivity contribution < 1.29 is 24.5 Å². The molecule has 0 aromatic heterocycles. The molecule has 1 aromatic rings. The summed E-state index contributed by atoms with van der Waals surface area (Å²) in [5, 5.41) is 23.6. The number of allylic oxidation sites excluding steroid dienone is 1. The van der Waals surface area contributed by atoms with E-state index in [-0.39, 0.29) is 18.7 Å². The van der Waals surface area contributed by atoms with Gasteiger partial charge in [0.05, 0.1) is 0 Å². The molecule has 2 rings (SSSR count). The molecule has 130 valence electrons. The van der Waals surface area contributed by atoms with Crippen molar-refractivity contribution in [3.05, 3.63) is 41.6 Å². The average molecular weight is 334 g/mol. The Kier molecular flexibility index (Phi) is 6.11. The fraction of sp³-hybridized carbons (Fsp3) is 0.471. The number of β-amino-alcohol motifs (C(OH)–C–C–N with tert-alkyl or cyclic N) is 1. The SMILES string of the molecule is CC(CCc1ccccc1)(CC(=C=O)NC(=O)O)C1NCC(O)O1. The number of aliphatic hydroxyl groups is 1. The number of amides is 1. The molecule has 24 heavy (non-hydrogen) atoms. The first-order valence-electron chi connectivity index (χ1n) is 7.78. The normalized spacial score (nSPS) is 22.4. The van der Waals surface area contributed by atoms with Gasteiger partial charge in [-0.25, -0.2) is 9.59 Å². The highest BCUT2D eigenvalue weighted by molar-refractivity contribution is 5.71. The Morgan fingerprint density at radius 2 is 2.17 bits per heavy atom. The van der Waals surface area contributed by atoms with Crippen molar-refractivity contribution in [1.82, 2.24) is 10.6 Å². The van der Waals surface area contributed by atoms with Crippen molar-refractivity contribution in [3.8, 4) is 0 Å². The van der Waals surface area contributed by atoms with E-state index in [2.05, 4.69) is 10.6 Å². The number of hydrogen-bond donors (Lipinski definition) is 4. The van der Waals surface area contributed by atoms with Gasteiger partial charge in [0.2, 0.25) is 0 Å². The smallest absolute Gasteiger partial charge is 0.409 e. The van der Waals surface area contributed by atoms with Crippen molar-refractivity contribution in [2.24, 2.45) is 5.41 Å². The van der Waals surface area contributed by atoms with Crippen molar-refractivity contribution in [2.45, 2.75) is 38.7 Å². The van der Waals surface area contributed by atoms with Crippen molar-refractivity contribution in [1.29, 1.82) is 0 Å². The minimum Gasteiger partial charge on any atom is -0.465 e. The maximum absolute atomic E-state index is 11.1. The number of aliphatic hydroxyl groups excluding tert-OH is 1. The highest BCUT2D eigenvalue weighted by atomic mass is 16.6. The van der Waals surface area contributed by atoms with E-state index in [1.807, 2.05) is 37.3 Å². The van der Waals surface area contributed by atoms with Crippen LogP contribution in [0, 0.1) is 5.41 Å². The van der Waals surface area contributed by atoms with Crippen molar-refractivity contribution >= 4 is 12.0 Å². The lowest BCUT2D eigenvalue weighted by atomic mass is 9.78. The summed E-state index contributed by atoms with van der Waals surface area (Å²) in [6.07, 6.45) is -1.21. The predicted molar refractivity (Wildman–Crippen MR) is 86.7 cm³/mol. The van der Waals surface area contributed by atoms with E-state index in [4.69, 9.17) is 9.84 Å². The minimum absolute atomic E-state index is 0.0511.